The lowest BCUT2D eigenvalue weighted by Crippen LogP contribution is -2.60. The number of piperidine rings is 3. The van der Waals surface area contributed by atoms with E-state index in [1.54, 1.807) is 6.20 Å². The van der Waals surface area contributed by atoms with Gasteiger partial charge in [-0.1, -0.05) is 30.3 Å². The second kappa shape index (κ2) is 6.34. The number of hydrogen-bond acceptors (Lipinski definition) is 3. The summed E-state index contributed by atoms with van der Waals surface area (Å²) in [5.41, 5.74) is 2.16. The fraction of sp³-hybridized carbons (Fsp3) is 0.455. The van der Waals surface area contributed by atoms with E-state index in [9.17, 15) is 9.59 Å². The van der Waals surface area contributed by atoms with Crippen LogP contribution in [0.25, 0.3) is 0 Å². The van der Waals surface area contributed by atoms with E-state index in [-0.39, 0.29) is 22.9 Å². The Morgan fingerprint density at radius 3 is 2.56 bits per heavy atom. The molecule has 0 unspecified atom stereocenters. The topological polar surface area (TPSA) is 56.4 Å². The Hall–Kier alpha value is -2.40. The van der Waals surface area contributed by atoms with E-state index in [1.165, 1.54) is 11.6 Å². The third-order valence-corrected chi connectivity index (χ3v) is 6.77. The van der Waals surface area contributed by atoms with Gasteiger partial charge in [0.1, 0.15) is 5.56 Å². The lowest BCUT2D eigenvalue weighted by molar-refractivity contribution is -0.00345. The minimum absolute atomic E-state index is 0.113. The van der Waals surface area contributed by atoms with Gasteiger partial charge < -0.3 is 9.88 Å². The first-order valence-corrected chi connectivity index (χ1v) is 9.93. The van der Waals surface area contributed by atoms with Gasteiger partial charge in [-0.15, -0.1) is 0 Å². The highest BCUT2D eigenvalue weighted by Gasteiger charge is 2.54. The van der Waals surface area contributed by atoms with Crippen LogP contribution in [0.2, 0.25) is 0 Å². The number of carbonyl (C=O) groups is 1. The Bertz CT molecular complexity index is 915. The molecule has 140 valence electrons. The maximum absolute atomic E-state index is 13.4. The molecular weight excluding hydrogens is 338 g/mol. The van der Waals surface area contributed by atoms with Crippen LogP contribution >= 0.6 is 0 Å². The number of carbonyl (C=O) groups excluding carboxylic acids is 1. The molecule has 1 aromatic heterocycles. The van der Waals surface area contributed by atoms with Gasteiger partial charge in [0.05, 0.1) is 6.04 Å². The first kappa shape index (κ1) is 16.8. The molecule has 5 heterocycles. The lowest BCUT2D eigenvalue weighted by atomic mass is 9.75. The molecule has 1 amide bonds. The summed E-state index contributed by atoms with van der Waals surface area (Å²) >= 11 is 0. The number of nitrogens with one attached hydrogen (secondary N) is 1. The van der Waals surface area contributed by atoms with Crippen LogP contribution in [0.15, 0.2) is 47.4 Å². The Kier molecular flexibility index (Phi) is 3.93. The minimum Gasteiger partial charge on any atom is -0.364 e. The zero-order chi connectivity index (χ0) is 18.5. The standard InChI is InChI=1S/C22H25N3O2/c1-14-11-19(26)17(12-23-14)22(27)25-13-18(15-5-3-2-4-6-15)21-20(25)16-7-9-24(21)10-8-16/h2-6,11-12,16,18,20-21H,7-10,13H2,1H3,(H,23,26)/t18-,20+,21+/m0/s1. The number of benzene rings is 1. The first-order valence-electron chi connectivity index (χ1n) is 9.93. The van der Waals surface area contributed by atoms with Crippen LogP contribution in [0.3, 0.4) is 0 Å². The zero-order valence-electron chi connectivity index (χ0n) is 15.6. The van der Waals surface area contributed by atoms with Gasteiger partial charge in [0.2, 0.25) is 0 Å². The highest BCUT2D eigenvalue weighted by molar-refractivity contribution is 5.94. The lowest BCUT2D eigenvalue weighted by Gasteiger charge is -2.51. The number of nitrogens with zero attached hydrogens (tertiary/aromatic N) is 2. The summed E-state index contributed by atoms with van der Waals surface area (Å²) in [7, 11) is 0. The van der Waals surface area contributed by atoms with E-state index in [2.05, 4.69) is 34.1 Å². The SMILES string of the molecule is Cc1cc(=O)c(C(=O)N2C[C@@H](c3ccccc3)[C@@H]3[C@H]2C2CCN3CC2)c[nH]1. The van der Waals surface area contributed by atoms with Gasteiger partial charge in [-0.05, 0) is 44.3 Å². The van der Waals surface area contributed by atoms with Crippen LogP contribution in [-0.2, 0) is 0 Å². The van der Waals surface area contributed by atoms with E-state index in [0.29, 0.717) is 24.4 Å². The van der Waals surface area contributed by atoms with Gasteiger partial charge in [-0.2, -0.15) is 0 Å². The van der Waals surface area contributed by atoms with Gasteiger partial charge in [0.15, 0.2) is 5.43 Å². The number of aromatic amines is 1. The molecule has 0 saturated carbocycles. The van der Waals surface area contributed by atoms with Crippen molar-refractivity contribution in [2.75, 3.05) is 19.6 Å². The van der Waals surface area contributed by atoms with Crippen molar-refractivity contribution in [2.24, 2.45) is 5.92 Å². The third-order valence-electron chi connectivity index (χ3n) is 6.77. The van der Waals surface area contributed by atoms with Crippen molar-refractivity contribution in [1.29, 1.82) is 0 Å². The molecule has 2 bridgehead atoms. The summed E-state index contributed by atoms with van der Waals surface area (Å²) in [5.74, 6) is 0.744. The molecule has 0 aliphatic carbocycles. The third kappa shape index (κ3) is 2.64. The van der Waals surface area contributed by atoms with Gasteiger partial charge in [0, 0.05) is 36.5 Å². The van der Waals surface area contributed by atoms with Crippen LogP contribution in [0.1, 0.15) is 40.4 Å². The van der Waals surface area contributed by atoms with Crippen molar-refractivity contribution in [3.05, 3.63) is 69.6 Å². The van der Waals surface area contributed by atoms with Gasteiger partial charge >= 0.3 is 0 Å². The monoisotopic (exact) mass is 363 g/mol. The Labute approximate surface area is 159 Å². The van der Waals surface area contributed by atoms with Gasteiger partial charge in [-0.3, -0.25) is 14.5 Å². The fourth-order valence-electron chi connectivity index (χ4n) is 5.54. The second-order valence-electron chi connectivity index (χ2n) is 8.22. The van der Waals surface area contributed by atoms with E-state index in [4.69, 9.17) is 0 Å². The number of H-pyrrole nitrogens is 1. The molecule has 4 fully saturated rings. The molecule has 1 aromatic carbocycles. The molecule has 0 spiro atoms. The average molecular weight is 363 g/mol. The maximum Gasteiger partial charge on any atom is 0.259 e. The quantitative estimate of drug-likeness (QED) is 0.891. The molecule has 6 rings (SSSR count). The number of pyridine rings is 1. The number of likely N-dealkylation sites (tertiary alicyclic amines) is 1. The summed E-state index contributed by atoms with van der Waals surface area (Å²) in [6.07, 6.45) is 3.89. The molecule has 1 N–H and O–H groups in total. The minimum atomic E-state index is -0.183. The highest BCUT2D eigenvalue weighted by Crippen LogP contribution is 2.46. The molecule has 3 atom stereocenters. The summed E-state index contributed by atoms with van der Waals surface area (Å²) in [4.78, 5) is 33.4. The molecular formula is C22H25N3O2. The van der Waals surface area contributed by atoms with Crippen molar-refractivity contribution in [1.82, 2.24) is 14.8 Å². The average Bonchev–Trinajstić information content (AvgIpc) is 3.12. The Morgan fingerprint density at radius 2 is 1.85 bits per heavy atom. The zero-order valence-corrected chi connectivity index (χ0v) is 15.6. The van der Waals surface area contributed by atoms with E-state index < -0.39 is 0 Å². The molecule has 4 saturated heterocycles. The Balaban J connectivity index is 1.54. The second-order valence-corrected chi connectivity index (χ2v) is 8.22. The predicted molar refractivity (Wildman–Crippen MR) is 104 cm³/mol. The van der Waals surface area contributed by atoms with Gasteiger partial charge in [-0.25, -0.2) is 0 Å². The summed E-state index contributed by atoms with van der Waals surface area (Å²) in [6, 6.07) is 12.7. The maximum atomic E-state index is 13.4. The number of amides is 1. The molecule has 4 aliphatic heterocycles. The molecule has 5 nitrogen and oxygen atoms in total. The first-order chi connectivity index (χ1) is 13.1. The van der Waals surface area contributed by atoms with Crippen molar-refractivity contribution >= 4 is 5.91 Å². The number of aromatic nitrogens is 1. The van der Waals surface area contributed by atoms with Crippen molar-refractivity contribution < 1.29 is 4.79 Å². The number of rotatable bonds is 2. The largest absolute Gasteiger partial charge is 0.364 e. The van der Waals surface area contributed by atoms with Gasteiger partial charge in [0.25, 0.3) is 5.91 Å². The highest BCUT2D eigenvalue weighted by atomic mass is 16.2. The molecule has 27 heavy (non-hydrogen) atoms. The molecule has 4 aliphatic rings. The molecule has 5 heteroatoms. The van der Waals surface area contributed by atoms with E-state index in [1.807, 2.05) is 17.9 Å². The van der Waals surface area contributed by atoms with Crippen molar-refractivity contribution in [2.45, 2.75) is 37.8 Å². The molecule has 0 radical (unpaired) electrons. The normalized spacial score (nSPS) is 31.7. The van der Waals surface area contributed by atoms with E-state index in [0.717, 1.165) is 31.6 Å². The number of aryl methyl sites for hydroxylation is 1. The summed E-state index contributed by atoms with van der Waals surface area (Å²) in [6.45, 7) is 4.78. The van der Waals surface area contributed by atoms with Crippen LogP contribution in [0, 0.1) is 12.8 Å². The van der Waals surface area contributed by atoms with Crippen LogP contribution in [0.5, 0.6) is 0 Å². The van der Waals surface area contributed by atoms with Crippen LogP contribution in [0.4, 0.5) is 0 Å². The van der Waals surface area contributed by atoms with Crippen molar-refractivity contribution in [3.8, 4) is 0 Å². The van der Waals surface area contributed by atoms with Crippen LogP contribution in [-0.4, -0.2) is 52.4 Å². The van der Waals surface area contributed by atoms with E-state index >= 15 is 0 Å². The number of hydrogen-bond donors (Lipinski definition) is 1. The number of fused-ring (bicyclic) bond motifs is 2. The van der Waals surface area contributed by atoms with Crippen LogP contribution < -0.4 is 5.43 Å². The smallest absolute Gasteiger partial charge is 0.259 e. The summed E-state index contributed by atoms with van der Waals surface area (Å²) in [5, 5.41) is 0. The summed E-state index contributed by atoms with van der Waals surface area (Å²) < 4.78 is 0. The van der Waals surface area contributed by atoms with Crippen molar-refractivity contribution in [3.63, 3.8) is 0 Å². The Morgan fingerprint density at radius 1 is 1.11 bits per heavy atom. The predicted octanol–water partition coefficient (Wildman–Crippen LogP) is 2.39. The molecule has 2 aromatic rings. The fourth-order valence-corrected chi connectivity index (χ4v) is 5.54.